The van der Waals surface area contributed by atoms with Gasteiger partial charge in [-0.25, -0.2) is 0 Å². The van der Waals surface area contributed by atoms with E-state index < -0.39 is 6.10 Å². The Morgan fingerprint density at radius 3 is 2.54 bits per heavy atom. The molecule has 3 heteroatoms. The van der Waals surface area contributed by atoms with Crippen LogP contribution in [0.3, 0.4) is 0 Å². The summed E-state index contributed by atoms with van der Waals surface area (Å²) in [5.41, 5.74) is 0. The summed E-state index contributed by atoms with van der Waals surface area (Å²) in [7, 11) is 0. The molecule has 0 spiro atoms. The molecule has 0 aliphatic rings. The fourth-order valence-electron chi connectivity index (χ4n) is 0.928. The van der Waals surface area contributed by atoms with Crippen molar-refractivity contribution in [3.05, 3.63) is 12.2 Å². The standard InChI is InChI=1S/C10H18O3/c1-5-7-10(11)8(3)13-9(4)12-6-2/h5,7-9H,6H2,1-4H3/b7-5+. The fraction of sp³-hybridized carbons (Fsp3) is 0.700. The zero-order valence-electron chi connectivity index (χ0n) is 8.74. The zero-order chi connectivity index (χ0) is 10.3. The van der Waals surface area contributed by atoms with Crippen LogP contribution >= 0.6 is 0 Å². The Kier molecular flexibility index (Phi) is 6.45. The Hall–Kier alpha value is -0.670. The van der Waals surface area contributed by atoms with Gasteiger partial charge in [0.1, 0.15) is 6.10 Å². The lowest BCUT2D eigenvalue weighted by atomic mass is 10.2. The predicted octanol–water partition coefficient (Wildman–Crippen LogP) is 1.92. The average Bonchev–Trinajstić information content (AvgIpc) is 2.05. The topological polar surface area (TPSA) is 35.5 Å². The number of rotatable bonds is 6. The third-order valence-corrected chi connectivity index (χ3v) is 1.53. The molecule has 0 N–H and O–H groups in total. The number of ether oxygens (including phenoxy) is 2. The molecule has 0 aromatic rings. The zero-order valence-corrected chi connectivity index (χ0v) is 8.74. The molecule has 13 heavy (non-hydrogen) atoms. The van der Waals surface area contributed by atoms with E-state index in [9.17, 15) is 4.79 Å². The molecule has 3 nitrogen and oxygen atoms in total. The second-order valence-electron chi connectivity index (χ2n) is 2.70. The van der Waals surface area contributed by atoms with Gasteiger partial charge in [-0.2, -0.15) is 0 Å². The molecule has 0 rings (SSSR count). The summed E-state index contributed by atoms with van der Waals surface area (Å²) in [4.78, 5) is 11.2. The molecule has 0 amide bonds. The van der Waals surface area contributed by atoms with E-state index in [1.807, 2.05) is 6.92 Å². The van der Waals surface area contributed by atoms with Crippen molar-refractivity contribution in [1.82, 2.24) is 0 Å². The van der Waals surface area contributed by atoms with E-state index in [4.69, 9.17) is 9.47 Å². The van der Waals surface area contributed by atoms with Gasteiger partial charge in [0, 0.05) is 6.61 Å². The van der Waals surface area contributed by atoms with E-state index >= 15 is 0 Å². The molecule has 0 radical (unpaired) electrons. The van der Waals surface area contributed by atoms with Gasteiger partial charge in [0.2, 0.25) is 0 Å². The Morgan fingerprint density at radius 1 is 1.46 bits per heavy atom. The van der Waals surface area contributed by atoms with Gasteiger partial charge in [-0.05, 0) is 33.8 Å². The van der Waals surface area contributed by atoms with Crippen molar-refractivity contribution in [2.75, 3.05) is 6.61 Å². The molecule has 0 bridgehead atoms. The van der Waals surface area contributed by atoms with Crippen molar-refractivity contribution in [1.29, 1.82) is 0 Å². The summed E-state index contributed by atoms with van der Waals surface area (Å²) in [6, 6.07) is 0. The maximum Gasteiger partial charge on any atom is 0.183 e. The highest BCUT2D eigenvalue weighted by molar-refractivity contribution is 5.93. The quantitative estimate of drug-likeness (QED) is 0.469. The monoisotopic (exact) mass is 186 g/mol. The van der Waals surface area contributed by atoms with Gasteiger partial charge >= 0.3 is 0 Å². The Morgan fingerprint density at radius 2 is 2.08 bits per heavy atom. The number of carbonyl (C=O) groups excluding carboxylic acids is 1. The normalized spacial score (nSPS) is 16.0. The molecule has 0 aromatic heterocycles. The lowest BCUT2D eigenvalue weighted by Gasteiger charge is -2.16. The summed E-state index contributed by atoms with van der Waals surface area (Å²) in [5, 5.41) is 0. The van der Waals surface area contributed by atoms with Crippen LogP contribution in [0.5, 0.6) is 0 Å². The van der Waals surface area contributed by atoms with Gasteiger partial charge in [-0.3, -0.25) is 4.79 Å². The summed E-state index contributed by atoms with van der Waals surface area (Å²) < 4.78 is 10.4. The molecular formula is C10H18O3. The number of carbonyl (C=O) groups is 1. The van der Waals surface area contributed by atoms with Crippen LogP contribution in [0.25, 0.3) is 0 Å². The lowest BCUT2D eigenvalue weighted by Crippen LogP contribution is -2.25. The lowest BCUT2D eigenvalue weighted by molar-refractivity contribution is -0.163. The first kappa shape index (κ1) is 12.3. The van der Waals surface area contributed by atoms with Gasteiger partial charge in [-0.1, -0.05) is 6.08 Å². The second-order valence-corrected chi connectivity index (χ2v) is 2.70. The maximum atomic E-state index is 11.2. The van der Waals surface area contributed by atoms with Crippen molar-refractivity contribution < 1.29 is 14.3 Å². The van der Waals surface area contributed by atoms with E-state index in [-0.39, 0.29) is 12.1 Å². The first-order valence-corrected chi connectivity index (χ1v) is 4.55. The summed E-state index contributed by atoms with van der Waals surface area (Å²) in [5.74, 6) is -0.0333. The number of hydrogen-bond acceptors (Lipinski definition) is 3. The smallest absolute Gasteiger partial charge is 0.183 e. The van der Waals surface area contributed by atoms with Crippen LogP contribution in [0.15, 0.2) is 12.2 Å². The van der Waals surface area contributed by atoms with Crippen LogP contribution in [0.4, 0.5) is 0 Å². The Balaban J connectivity index is 3.84. The minimum absolute atomic E-state index is 0.0333. The van der Waals surface area contributed by atoms with Crippen LogP contribution in [-0.2, 0) is 14.3 Å². The van der Waals surface area contributed by atoms with Gasteiger partial charge in [0.25, 0.3) is 0 Å². The van der Waals surface area contributed by atoms with Crippen LogP contribution in [0.2, 0.25) is 0 Å². The molecule has 76 valence electrons. The van der Waals surface area contributed by atoms with Crippen LogP contribution in [0, 0.1) is 0 Å². The first-order valence-electron chi connectivity index (χ1n) is 4.55. The SMILES string of the molecule is C/C=C/C(=O)C(C)OC(C)OCC. The second kappa shape index (κ2) is 6.80. The summed E-state index contributed by atoms with van der Waals surface area (Å²) in [6.07, 6.45) is 2.45. The molecule has 0 saturated heterocycles. The van der Waals surface area contributed by atoms with Crippen molar-refractivity contribution in [3.8, 4) is 0 Å². The van der Waals surface area contributed by atoms with Gasteiger partial charge in [0.05, 0.1) is 0 Å². The van der Waals surface area contributed by atoms with Crippen molar-refractivity contribution >= 4 is 5.78 Å². The highest BCUT2D eigenvalue weighted by atomic mass is 16.7. The summed E-state index contributed by atoms with van der Waals surface area (Å²) in [6.45, 7) is 7.78. The highest BCUT2D eigenvalue weighted by Crippen LogP contribution is 2.01. The Bertz CT molecular complexity index is 175. The minimum Gasteiger partial charge on any atom is -0.353 e. The fourth-order valence-corrected chi connectivity index (χ4v) is 0.928. The van der Waals surface area contributed by atoms with Crippen LogP contribution in [-0.4, -0.2) is 24.8 Å². The highest BCUT2D eigenvalue weighted by Gasteiger charge is 2.13. The Labute approximate surface area is 79.7 Å². The molecule has 2 unspecified atom stereocenters. The third kappa shape index (κ3) is 5.55. The van der Waals surface area contributed by atoms with Crippen LogP contribution in [0.1, 0.15) is 27.7 Å². The van der Waals surface area contributed by atoms with Gasteiger partial charge < -0.3 is 9.47 Å². The molecule has 0 aliphatic heterocycles. The van der Waals surface area contributed by atoms with E-state index in [1.165, 1.54) is 6.08 Å². The molecular weight excluding hydrogens is 168 g/mol. The van der Waals surface area contributed by atoms with Gasteiger partial charge in [-0.15, -0.1) is 0 Å². The average molecular weight is 186 g/mol. The number of ketones is 1. The third-order valence-electron chi connectivity index (χ3n) is 1.53. The molecule has 0 aliphatic carbocycles. The first-order chi connectivity index (χ1) is 6.11. The molecule has 2 atom stereocenters. The predicted molar refractivity (Wildman–Crippen MR) is 51.5 cm³/mol. The van der Waals surface area contributed by atoms with Gasteiger partial charge in [0.15, 0.2) is 12.1 Å². The molecule has 0 saturated carbocycles. The minimum atomic E-state index is -0.433. The molecule has 0 fully saturated rings. The number of hydrogen-bond donors (Lipinski definition) is 0. The van der Waals surface area contributed by atoms with Crippen molar-refractivity contribution in [3.63, 3.8) is 0 Å². The largest absolute Gasteiger partial charge is 0.353 e. The number of allylic oxidation sites excluding steroid dienone is 1. The van der Waals surface area contributed by atoms with E-state index in [1.54, 1.807) is 26.8 Å². The van der Waals surface area contributed by atoms with E-state index in [0.717, 1.165) is 0 Å². The molecule has 0 aromatic carbocycles. The maximum absolute atomic E-state index is 11.2. The van der Waals surface area contributed by atoms with E-state index in [0.29, 0.717) is 6.61 Å². The molecule has 0 heterocycles. The van der Waals surface area contributed by atoms with E-state index in [2.05, 4.69) is 0 Å². The van der Waals surface area contributed by atoms with Crippen molar-refractivity contribution in [2.24, 2.45) is 0 Å². The van der Waals surface area contributed by atoms with Crippen LogP contribution < -0.4 is 0 Å². The van der Waals surface area contributed by atoms with Crippen molar-refractivity contribution in [2.45, 2.75) is 40.1 Å². The summed E-state index contributed by atoms with van der Waals surface area (Å²) >= 11 is 0.